The molecular weight excluding hydrogens is 250 g/mol. The second kappa shape index (κ2) is 5.05. The average molecular weight is 265 g/mol. The fraction of sp³-hybridized carbons (Fsp3) is 0.333. The molecule has 7 nitrogen and oxygen atoms in total. The van der Waals surface area contributed by atoms with Crippen LogP contribution in [0.5, 0.6) is 5.75 Å². The second-order valence-corrected chi connectivity index (χ2v) is 4.16. The summed E-state index contributed by atoms with van der Waals surface area (Å²) in [5.74, 6) is -0.130. The molecule has 4 N–H and O–H groups in total. The Hall–Kier alpha value is -2.44. The zero-order chi connectivity index (χ0) is 14.0. The summed E-state index contributed by atoms with van der Waals surface area (Å²) in [5.41, 5.74) is 7.33. The molecule has 0 saturated carbocycles. The molecule has 1 heterocycles. The normalized spacial score (nSPS) is 14.7. The van der Waals surface area contributed by atoms with E-state index in [2.05, 4.69) is 15.4 Å². The molecule has 2 rings (SSSR count). The van der Waals surface area contributed by atoms with E-state index in [1.165, 1.54) is 7.11 Å². The summed E-state index contributed by atoms with van der Waals surface area (Å²) < 4.78 is 9.85. The number of nitrogens with one attached hydrogen (secondary N) is 2. The van der Waals surface area contributed by atoms with Crippen LogP contribution in [0.2, 0.25) is 0 Å². The number of hydrogen-bond acceptors (Lipinski definition) is 6. The van der Waals surface area contributed by atoms with Crippen molar-refractivity contribution in [2.24, 2.45) is 0 Å². The largest absolute Gasteiger partial charge is 0.482 e. The van der Waals surface area contributed by atoms with Crippen LogP contribution in [-0.4, -0.2) is 31.6 Å². The van der Waals surface area contributed by atoms with Crippen molar-refractivity contribution >= 4 is 28.9 Å². The molecular formula is C12H15N3O4. The molecule has 1 amide bonds. The lowest BCUT2D eigenvalue weighted by atomic mass is 10.2. The molecule has 1 aromatic rings. The van der Waals surface area contributed by atoms with Crippen molar-refractivity contribution in [1.29, 1.82) is 0 Å². The molecule has 0 saturated heterocycles. The van der Waals surface area contributed by atoms with Gasteiger partial charge in [-0.3, -0.25) is 4.79 Å². The molecule has 19 heavy (non-hydrogen) atoms. The number of ether oxygens (including phenoxy) is 2. The van der Waals surface area contributed by atoms with Crippen LogP contribution in [0.4, 0.5) is 17.1 Å². The summed E-state index contributed by atoms with van der Waals surface area (Å²) in [6.45, 7) is 1.62. The Bertz CT molecular complexity index is 530. The summed E-state index contributed by atoms with van der Waals surface area (Å²) in [7, 11) is 1.31. The highest BCUT2D eigenvalue weighted by atomic mass is 16.5. The van der Waals surface area contributed by atoms with E-state index in [1.807, 2.05) is 0 Å². The number of anilines is 3. The highest BCUT2D eigenvalue weighted by Gasteiger charge is 2.20. The van der Waals surface area contributed by atoms with Gasteiger partial charge in [-0.05, 0) is 13.0 Å². The van der Waals surface area contributed by atoms with Crippen LogP contribution in [0.1, 0.15) is 6.92 Å². The van der Waals surface area contributed by atoms with Gasteiger partial charge in [-0.15, -0.1) is 0 Å². The second-order valence-electron chi connectivity index (χ2n) is 4.16. The summed E-state index contributed by atoms with van der Waals surface area (Å²) in [6, 6.07) is 2.67. The Morgan fingerprint density at radius 1 is 1.58 bits per heavy atom. The number of methoxy groups -OCH3 is 1. The molecule has 1 aliphatic rings. The lowest BCUT2D eigenvalue weighted by Crippen LogP contribution is -2.28. The molecule has 102 valence electrons. The van der Waals surface area contributed by atoms with Gasteiger partial charge in [-0.25, -0.2) is 4.79 Å². The van der Waals surface area contributed by atoms with Crippen LogP contribution in [-0.2, 0) is 14.3 Å². The Morgan fingerprint density at radius 2 is 2.32 bits per heavy atom. The lowest BCUT2D eigenvalue weighted by Gasteiger charge is -2.21. The Balaban J connectivity index is 2.24. The number of carbonyl (C=O) groups is 2. The van der Waals surface area contributed by atoms with Crippen LogP contribution < -0.4 is 21.1 Å². The average Bonchev–Trinajstić information content (AvgIpc) is 2.39. The van der Waals surface area contributed by atoms with E-state index in [1.54, 1.807) is 19.1 Å². The summed E-state index contributed by atoms with van der Waals surface area (Å²) >= 11 is 0. The first-order valence-electron chi connectivity index (χ1n) is 5.72. The number of hydrogen-bond donors (Lipinski definition) is 3. The Morgan fingerprint density at radius 3 is 3.00 bits per heavy atom. The van der Waals surface area contributed by atoms with Gasteiger partial charge >= 0.3 is 5.97 Å². The van der Waals surface area contributed by atoms with Crippen molar-refractivity contribution < 1.29 is 19.1 Å². The lowest BCUT2D eigenvalue weighted by molar-refractivity contribution is -0.141. The quantitative estimate of drug-likeness (QED) is 0.545. The SMILES string of the molecule is COC(=O)C(C)Nc1cc2c(cc1N)OCC(=O)N2. The minimum atomic E-state index is -0.550. The van der Waals surface area contributed by atoms with E-state index < -0.39 is 12.0 Å². The van der Waals surface area contributed by atoms with Crippen LogP contribution in [0.15, 0.2) is 12.1 Å². The standard InChI is InChI=1S/C12H15N3O4/c1-6(12(17)18-2)14-8-4-9-10(3-7(8)13)19-5-11(16)15-9/h3-4,6,14H,5,13H2,1-2H3,(H,15,16). The molecule has 0 radical (unpaired) electrons. The molecule has 0 spiro atoms. The van der Waals surface area contributed by atoms with Gasteiger partial charge in [-0.2, -0.15) is 0 Å². The van der Waals surface area contributed by atoms with Crippen molar-refractivity contribution in [2.75, 3.05) is 30.1 Å². The first-order valence-corrected chi connectivity index (χ1v) is 5.72. The number of benzene rings is 1. The number of rotatable bonds is 3. The van der Waals surface area contributed by atoms with Crippen LogP contribution in [0.3, 0.4) is 0 Å². The molecule has 0 aromatic heterocycles. The van der Waals surface area contributed by atoms with Gasteiger partial charge in [0.2, 0.25) is 0 Å². The van der Waals surface area contributed by atoms with Crippen molar-refractivity contribution in [3.05, 3.63) is 12.1 Å². The molecule has 7 heteroatoms. The minimum absolute atomic E-state index is 0.0300. The van der Waals surface area contributed by atoms with Gasteiger partial charge in [0.15, 0.2) is 6.61 Å². The predicted octanol–water partition coefficient (Wildman–Crippen LogP) is 0.573. The third-order valence-electron chi connectivity index (χ3n) is 2.71. The molecule has 1 aromatic carbocycles. The summed E-state index contributed by atoms with van der Waals surface area (Å²) in [6.07, 6.45) is 0. The van der Waals surface area contributed by atoms with Gasteiger partial charge < -0.3 is 25.8 Å². The van der Waals surface area contributed by atoms with E-state index in [-0.39, 0.29) is 12.5 Å². The maximum atomic E-state index is 11.3. The number of nitrogens with two attached hydrogens (primary N) is 1. The van der Waals surface area contributed by atoms with E-state index in [9.17, 15) is 9.59 Å². The monoisotopic (exact) mass is 265 g/mol. The number of nitrogen functional groups attached to an aromatic ring is 1. The molecule has 0 fully saturated rings. The summed E-state index contributed by atoms with van der Waals surface area (Å²) in [5, 5.41) is 5.59. The number of amides is 1. The van der Waals surface area contributed by atoms with E-state index in [0.717, 1.165) is 0 Å². The number of carbonyl (C=O) groups excluding carboxylic acids is 2. The van der Waals surface area contributed by atoms with Crippen molar-refractivity contribution in [1.82, 2.24) is 0 Å². The minimum Gasteiger partial charge on any atom is -0.482 e. The van der Waals surface area contributed by atoms with Crippen LogP contribution >= 0.6 is 0 Å². The van der Waals surface area contributed by atoms with Gasteiger partial charge in [0.1, 0.15) is 11.8 Å². The maximum absolute atomic E-state index is 11.3. The molecule has 1 aliphatic heterocycles. The van der Waals surface area contributed by atoms with Gasteiger partial charge in [-0.1, -0.05) is 0 Å². The summed E-state index contributed by atoms with van der Waals surface area (Å²) in [4.78, 5) is 22.6. The first kappa shape index (κ1) is 13.0. The topological polar surface area (TPSA) is 103 Å². The number of esters is 1. The predicted molar refractivity (Wildman–Crippen MR) is 70.1 cm³/mol. The smallest absolute Gasteiger partial charge is 0.327 e. The van der Waals surface area contributed by atoms with Crippen LogP contribution in [0, 0.1) is 0 Å². The Kier molecular flexibility index (Phi) is 3.46. The van der Waals surface area contributed by atoms with Gasteiger partial charge in [0.25, 0.3) is 5.91 Å². The molecule has 0 aliphatic carbocycles. The molecule has 0 bridgehead atoms. The first-order chi connectivity index (χ1) is 9.01. The van der Waals surface area contributed by atoms with Crippen molar-refractivity contribution in [3.63, 3.8) is 0 Å². The van der Waals surface area contributed by atoms with E-state index >= 15 is 0 Å². The van der Waals surface area contributed by atoms with Crippen molar-refractivity contribution in [3.8, 4) is 5.75 Å². The van der Waals surface area contributed by atoms with Gasteiger partial charge in [0.05, 0.1) is 24.2 Å². The highest BCUT2D eigenvalue weighted by molar-refractivity contribution is 5.97. The third-order valence-corrected chi connectivity index (χ3v) is 2.71. The van der Waals surface area contributed by atoms with E-state index in [0.29, 0.717) is 22.8 Å². The zero-order valence-electron chi connectivity index (χ0n) is 10.6. The van der Waals surface area contributed by atoms with Crippen molar-refractivity contribution in [2.45, 2.75) is 13.0 Å². The maximum Gasteiger partial charge on any atom is 0.327 e. The third kappa shape index (κ3) is 2.70. The van der Waals surface area contributed by atoms with E-state index in [4.69, 9.17) is 10.5 Å². The molecule has 1 atom stereocenters. The van der Waals surface area contributed by atoms with Gasteiger partial charge in [0, 0.05) is 6.07 Å². The highest BCUT2D eigenvalue weighted by Crippen LogP contribution is 2.35. The zero-order valence-corrected chi connectivity index (χ0v) is 10.6. The molecule has 1 unspecified atom stereocenters. The Labute approximate surface area is 110 Å². The number of fused-ring (bicyclic) bond motifs is 1. The van der Waals surface area contributed by atoms with Crippen LogP contribution in [0.25, 0.3) is 0 Å². The fourth-order valence-corrected chi connectivity index (χ4v) is 1.74. The fourth-order valence-electron chi connectivity index (χ4n) is 1.74.